The molecule has 2 N–H and O–H groups in total. The van der Waals surface area contributed by atoms with Crippen LogP contribution in [0.5, 0.6) is 17.2 Å². The monoisotopic (exact) mass is 404 g/mol. The molecule has 0 saturated heterocycles. The number of thiazole rings is 1. The molecule has 1 aromatic heterocycles. The summed E-state index contributed by atoms with van der Waals surface area (Å²) in [6.45, 7) is -2.41. The first-order valence-electron chi connectivity index (χ1n) is 8.80. The van der Waals surface area contributed by atoms with E-state index in [2.05, 4.69) is 15.0 Å². The van der Waals surface area contributed by atoms with Gasteiger partial charge < -0.3 is 19.9 Å². The zero-order chi connectivity index (χ0) is 19.5. The number of nitrogens with zero attached hydrogens (tertiary/aromatic N) is 1. The Morgan fingerprint density at radius 2 is 1.93 bits per heavy atom. The van der Waals surface area contributed by atoms with Gasteiger partial charge in [0.2, 0.25) is 0 Å². The zero-order valence-corrected chi connectivity index (χ0v) is 15.6. The molecule has 0 atom stereocenters. The fourth-order valence-corrected chi connectivity index (χ4v) is 3.34. The number of alkyl halides is 2. The van der Waals surface area contributed by atoms with E-state index in [4.69, 9.17) is 4.74 Å². The van der Waals surface area contributed by atoms with Crippen LogP contribution in [0.1, 0.15) is 12.8 Å². The van der Waals surface area contributed by atoms with Crippen molar-refractivity contribution in [3.63, 3.8) is 0 Å². The first-order chi connectivity index (χ1) is 13.6. The van der Waals surface area contributed by atoms with Gasteiger partial charge in [0.05, 0.1) is 12.3 Å². The van der Waals surface area contributed by atoms with Crippen LogP contribution in [0.3, 0.4) is 0 Å². The van der Waals surface area contributed by atoms with Gasteiger partial charge in [-0.2, -0.15) is 8.78 Å². The summed E-state index contributed by atoms with van der Waals surface area (Å²) in [7, 11) is 0. The van der Waals surface area contributed by atoms with E-state index in [1.165, 1.54) is 17.4 Å². The average Bonchev–Trinajstić information content (AvgIpc) is 3.39. The van der Waals surface area contributed by atoms with E-state index in [1.807, 2.05) is 5.38 Å². The molecule has 0 unspecified atom stereocenters. The molecular weight excluding hydrogens is 386 g/mol. The van der Waals surface area contributed by atoms with Crippen molar-refractivity contribution >= 4 is 22.2 Å². The molecule has 1 aliphatic rings. The van der Waals surface area contributed by atoms with E-state index in [9.17, 15) is 13.9 Å². The Hall–Kier alpha value is -2.87. The van der Waals surface area contributed by atoms with E-state index in [-0.39, 0.29) is 11.5 Å². The third kappa shape index (κ3) is 4.69. The summed E-state index contributed by atoms with van der Waals surface area (Å²) in [5, 5.41) is 15.1. The molecule has 1 fully saturated rings. The van der Waals surface area contributed by atoms with Crippen molar-refractivity contribution < 1.29 is 23.4 Å². The Kier molecular flexibility index (Phi) is 5.29. The number of hydrogen-bond acceptors (Lipinski definition) is 6. The van der Waals surface area contributed by atoms with Crippen molar-refractivity contribution in [1.82, 2.24) is 4.98 Å². The molecule has 0 aliphatic heterocycles. The van der Waals surface area contributed by atoms with Gasteiger partial charge >= 0.3 is 6.61 Å². The van der Waals surface area contributed by atoms with Gasteiger partial charge in [0.1, 0.15) is 5.75 Å². The molecule has 2 aromatic carbocycles. The second-order valence-electron chi connectivity index (χ2n) is 6.50. The molecule has 0 amide bonds. The van der Waals surface area contributed by atoms with Crippen LogP contribution in [-0.2, 0) is 0 Å². The fraction of sp³-hybridized carbons (Fsp3) is 0.250. The van der Waals surface area contributed by atoms with Crippen LogP contribution in [0.25, 0.3) is 11.3 Å². The third-order valence-electron chi connectivity index (χ3n) is 4.25. The molecule has 0 bridgehead atoms. The van der Waals surface area contributed by atoms with Crippen molar-refractivity contribution in [3.8, 4) is 28.5 Å². The van der Waals surface area contributed by atoms with Gasteiger partial charge in [-0.1, -0.05) is 0 Å². The predicted molar refractivity (Wildman–Crippen MR) is 104 cm³/mol. The summed E-state index contributed by atoms with van der Waals surface area (Å²) in [6.07, 6.45) is 2.20. The molecular formula is C20H18F2N2O3S. The Morgan fingerprint density at radius 3 is 2.64 bits per heavy atom. The topological polar surface area (TPSA) is 63.6 Å². The highest BCUT2D eigenvalue weighted by molar-refractivity contribution is 7.14. The SMILES string of the molecule is Oc1ccc(Nc2nc(-c3ccc(OC(F)F)c(OCC4CC4)c3)cs2)cc1. The van der Waals surface area contributed by atoms with Crippen molar-refractivity contribution in [2.45, 2.75) is 19.5 Å². The van der Waals surface area contributed by atoms with Crippen LogP contribution in [0, 0.1) is 5.92 Å². The summed E-state index contributed by atoms with van der Waals surface area (Å²) < 4.78 is 35.6. The normalized spacial score (nSPS) is 13.5. The lowest BCUT2D eigenvalue weighted by atomic mass is 10.1. The minimum absolute atomic E-state index is 0.0251. The van der Waals surface area contributed by atoms with Crippen molar-refractivity contribution in [3.05, 3.63) is 47.8 Å². The number of ether oxygens (including phenoxy) is 2. The molecule has 1 aliphatic carbocycles. The lowest BCUT2D eigenvalue weighted by Gasteiger charge is -2.13. The molecule has 1 saturated carbocycles. The van der Waals surface area contributed by atoms with Crippen molar-refractivity contribution in [1.29, 1.82) is 0 Å². The van der Waals surface area contributed by atoms with Gasteiger partial charge in [-0.05, 0) is 61.2 Å². The second-order valence-corrected chi connectivity index (χ2v) is 7.36. The summed E-state index contributed by atoms with van der Waals surface area (Å²) in [4.78, 5) is 4.54. The molecule has 0 radical (unpaired) electrons. The summed E-state index contributed by atoms with van der Waals surface area (Å²) in [6, 6.07) is 11.5. The maximum Gasteiger partial charge on any atom is 0.387 e. The molecule has 1 heterocycles. The van der Waals surface area contributed by atoms with E-state index in [1.54, 1.807) is 36.4 Å². The lowest BCUT2D eigenvalue weighted by molar-refractivity contribution is -0.0515. The maximum atomic E-state index is 12.7. The molecule has 3 aromatic rings. The summed E-state index contributed by atoms with van der Waals surface area (Å²) in [5.41, 5.74) is 2.25. The Labute approximate surface area is 164 Å². The first-order valence-corrected chi connectivity index (χ1v) is 9.68. The number of benzene rings is 2. The van der Waals surface area contributed by atoms with Gasteiger partial charge in [0, 0.05) is 16.6 Å². The van der Waals surface area contributed by atoms with E-state index >= 15 is 0 Å². The third-order valence-corrected chi connectivity index (χ3v) is 5.01. The molecule has 5 nitrogen and oxygen atoms in total. The number of nitrogens with one attached hydrogen (secondary N) is 1. The Morgan fingerprint density at radius 1 is 1.14 bits per heavy atom. The summed E-state index contributed by atoms with van der Waals surface area (Å²) >= 11 is 1.42. The van der Waals surface area contributed by atoms with E-state index in [0.717, 1.165) is 24.1 Å². The molecule has 28 heavy (non-hydrogen) atoms. The zero-order valence-electron chi connectivity index (χ0n) is 14.8. The fourth-order valence-electron chi connectivity index (χ4n) is 2.60. The van der Waals surface area contributed by atoms with Crippen LogP contribution in [-0.4, -0.2) is 23.3 Å². The van der Waals surface area contributed by atoms with Gasteiger partial charge in [0.25, 0.3) is 0 Å². The number of anilines is 2. The number of hydrogen-bond donors (Lipinski definition) is 2. The van der Waals surface area contributed by atoms with E-state index in [0.29, 0.717) is 29.1 Å². The maximum absolute atomic E-state index is 12.7. The van der Waals surface area contributed by atoms with Crippen LogP contribution in [0.15, 0.2) is 47.8 Å². The Bertz CT molecular complexity index is 943. The molecule has 8 heteroatoms. The van der Waals surface area contributed by atoms with Crippen LogP contribution < -0.4 is 14.8 Å². The average molecular weight is 404 g/mol. The van der Waals surface area contributed by atoms with Crippen molar-refractivity contribution in [2.75, 3.05) is 11.9 Å². The molecule has 4 rings (SSSR count). The van der Waals surface area contributed by atoms with Gasteiger partial charge in [-0.15, -0.1) is 11.3 Å². The Balaban J connectivity index is 1.53. The highest BCUT2D eigenvalue weighted by Gasteiger charge is 2.23. The van der Waals surface area contributed by atoms with Crippen LogP contribution >= 0.6 is 11.3 Å². The largest absolute Gasteiger partial charge is 0.508 e. The van der Waals surface area contributed by atoms with Crippen LogP contribution in [0.2, 0.25) is 0 Å². The second kappa shape index (κ2) is 8.02. The minimum atomic E-state index is -2.91. The number of halogens is 2. The number of phenols is 1. The number of phenolic OH excluding ortho intramolecular Hbond substituents is 1. The number of aromatic nitrogens is 1. The van der Waals surface area contributed by atoms with Gasteiger partial charge in [0.15, 0.2) is 16.6 Å². The van der Waals surface area contributed by atoms with Gasteiger partial charge in [-0.25, -0.2) is 4.98 Å². The highest BCUT2D eigenvalue weighted by Crippen LogP contribution is 2.37. The minimum Gasteiger partial charge on any atom is -0.508 e. The number of aromatic hydroxyl groups is 1. The number of rotatable bonds is 8. The molecule has 146 valence electrons. The predicted octanol–water partition coefficient (Wildman–Crippen LogP) is 5.65. The smallest absolute Gasteiger partial charge is 0.387 e. The van der Waals surface area contributed by atoms with E-state index < -0.39 is 6.61 Å². The van der Waals surface area contributed by atoms with Gasteiger partial charge in [-0.3, -0.25) is 0 Å². The summed E-state index contributed by atoms with van der Waals surface area (Å²) in [5.74, 6) is 1.00. The standard InChI is InChI=1S/C20H18F2N2O3S/c21-19(22)27-17-8-3-13(9-18(17)26-10-12-1-2-12)16-11-28-20(24-16)23-14-4-6-15(25)7-5-14/h3-9,11-12,19,25H,1-2,10H2,(H,23,24). The first kappa shape index (κ1) is 18.5. The lowest BCUT2D eigenvalue weighted by Crippen LogP contribution is -2.06. The van der Waals surface area contributed by atoms with Crippen LogP contribution in [0.4, 0.5) is 19.6 Å². The quantitative estimate of drug-likeness (QED) is 0.475. The van der Waals surface area contributed by atoms with Crippen molar-refractivity contribution in [2.24, 2.45) is 5.92 Å². The highest BCUT2D eigenvalue weighted by atomic mass is 32.1. The molecule has 0 spiro atoms.